The van der Waals surface area contributed by atoms with E-state index in [4.69, 9.17) is 4.42 Å². The standard InChI is InChI=1S/C17H25NO4/c1-10-7-13(19)5-6-14(10)16(20)18-9-17(4,21)15-8-11(2)22-12(15)3/h8,10,14,21H,5-7,9H2,1-4H3,(H,18,20). The molecule has 2 N–H and O–H groups in total. The van der Waals surface area contributed by atoms with Crippen LogP contribution in [0.15, 0.2) is 10.5 Å². The van der Waals surface area contributed by atoms with Gasteiger partial charge >= 0.3 is 0 Å². The van der Waals surface area contributed by atoms with Gasteiger partial charge in [-0.2, -0.15) is 0 Å². The first-order valence-corrected chi connectivity index (χ1v) is 7.80. The zero-order valence-electron chi connectivity index (χ0n) is 13.7. The summed E-state index contributed by atoms with van der Waals surface area (Å²) >= 11 is 0. The summed E-state index contributed by atoms with van der Waals surface area (Å²) in [7, 11) is 0. The van der Waals surface area contributed by atoms with Crippen molar-refractivity contribution < 1.29 is 19.1 Å². The molecule has 2 rings (SSSR count). The lowest BCUT2D eigenvalue weighted by Crippen LogP contribution is -2.44. The summed E-state index contributed by atoms with van der Waals surface area (Å²) in [5, 5.41) is 13.4. The van der Waals surface area contributed by atoms with E-state index in [-0.39, 0.29) is 30.1 Å². The molecule has 3 atom stereocenters. The molecule has 1 aromatic heterocycles. The van der Waals surface area contributed by atoms with Gasteiger partial charge in [-0.1, -0.05) is 6.92 Å². The summed E-state index contributed by atoms with van der Waals surface area (Å²) in [4.78, 5) is 23.7. The highest BCUT2D eigenvalue weighted by molar-refractivity contribution is 5.85. The predicted octanol–water partition coefficient (Wildman–Crippen LogP) is 2.23. The number of ketones is 1. The monoisotopic (exact) mass is 307 g/mol. The highest BCUT2D eigenvalue weighted by Crippen LogP contribution is 2.29. The van der Waals surface area contributed by atoms with Crippen LogP contribution in [0, 0.1) is 25.7 Å². The van der Waals surface area contributed by atoms with E-state index in [1.54, 1.807) is 19.9 Å². The van der Waals surface area contributed by atoms with Gasteiger partial charge in [-0.3, -0.25) is 9.59 Å². The van der Waals surface area contributed by atoms with Crippen molar-refractivity contribution in [1.82, 2.24) is 5.32 Å². The fourth-order valence-corrected chi connectivity index (χ4v) is 3.25. The van der Waals surface area contributed by atoms with Gasteiger partial charge in [0.05, 0.1) is 6.54 Å². The van der Waals surface area contributed by atoms with E-state index in [2.05, 4.69) is 5.32 Å². The molecule has 1 heterocycles. The van der Waals surface area contributed by atoms with Crippen molar-refractivity contribution in [3.05, 3.63) is 23.2 Å². The fraction of sp³-hybridized carbons (Fsp3) is 0.647. The third-order valence-corrected chi connectivity index (χ3v) is 4.54. The van der Waals surface area contributed by atoms with Crippen molar-refractivity contribution >= 4 is 11.7 Å². The van der Waals surface area contributed by atoms with E-state index >= 15 is 0 Å². The van der Waals surface area contributed by atoms with Crippen molar-refractivity contribution in [2.24, 2.45) is 11.8 Å². The molecule has 5 heteroatoms. The zero-order valence-corrected chi connectivity index (χ0v) is 13.7. The first kappa shape index (κ1) is 16.7. The second-order valence-electron chi connectivity index (χ2n) is 6.68. The van der Waals surface area contributed by atoms with Gasteiger partial charge in [0.2, 0.25) is 5.91 Å². The number of carbonyl (C=O) groups is 2. The molecule has 1 saturated carbocycles. The molecule has 0 aliphatic heterocycles. The van der Waals surface area contributed by atoms with Gasteiger partial charge in [-0.25, -0.2) is 0 Å². The molecule has 1 aliphatic carbocycles. The van der Waals surface area contributed by atoms with Crippen LogP contribution in [0.25, 0.3) is 0 Å². The normalized spacial score (nSPS) is 24.9. The number of aliphatic hydroxyl groups is 1. The van der Waals surface area contributed by atoms with Crippen molar-refractivity contribution in [3.8, 4) is 0 Å². The van der Waals surface area contributed by atoms with Gasteiger partial charge in [0, 0.05) is 24.3 Å². The number of Topliss-reactive ketones (excluding diaryl/α,β-unsaturated/α-hetero) is 1. The Bertz CT molecular complexity index is 573. The quantitative estimate of drug-likeness (QED) is 0.894. The van der Waals surface area contributed by atoms with Gasteiger partial charge in [0.15, 0.2) is 0 Å². The second-order valence-corrected chi connectivity index (χ2v) is 6.68. The molecule has 22 heavy (non-hydrogen) atoms. The number of hydrogen-bond acceptors (Lipinski definition) is 4. The maximum Gasteiger partial charge on any atom is 0.223 e. The number of rotatable bonds is 4. The summed E-state index contributed by atoms with van der Waals surface area (Å²) in [5.74, 6) is 1.45. The Kier molecular flexibility index (Phi) is 4.75. The molecule has 122 valence electrons. The molecule has 1 fully saturated rings. The molecular formula is C17H25NO4. The third kappa shape index (κ3) is 3.58. The highest BCUT2D eigenvalue weighted by atomic mass is 16.3. The van der Waals surface area contributed by atoms with E-state index in [0.717, 1.165) is 5.76 Å². The molecule has 1 amide bonds. The Labute approximate surface area is 131 Å². The predicted molar refractivity (Wildman–Crippen MR) is 82.3 cm³/mol. The van der Waals surface area contributed by atoms with E-state index in [9.17, 15) is 14.7 Å². The minimum Gasteiger partial charge on any atom is -0.466 e. The molecule has 1 aliphatic rings. The van der Waals surface area contributed by atoms with Crippen LogP contribution in [0.5, 0.6) is 0 Å². The summed E-state index contributed by atoms with van der Waals surface area (Å²) in [6.45, 7) is 7.35. The fourth-order valence-electron chi connectivity index (χ4n) is 3.25. The Morgan fingerprint density at radius 1 is 1.50 bits per heavy atom. The molecular weight excluding hydrogens is 282 g/mol. The molecule has 0 saturated heterocycles. The first-order chi connectivity index (χ1) is 10.2. The Morgan fingerprint density at radius 2 is 2.18 bits per heavy atom. The molecule has 5 nitrogen and oxygen atoms in total. The van der Waals surface area contributed by atoms with Gasteiger partial charge in [0.25, 0.3) is 0 Å². The maximum absolute atomic E-state index is 12.3. The van der Waals surface area contributed by atoms with Crippen molar-refractivity contribution in [2.75, 3.05) is 6.54 Å². The number of carbonyl (C=O) groups excluding carboxylic acids is 2. The van der Waals surface area contributed by atoms with Crippen molar-refractivity contribution in [2.45, 2.75) is 52.6 Å². The van der Waals surface area contributed by atoms with E-state index in [1.165, 1.54) is 0 Å². The summed E-state index contributed by atoms with van der Waals surface area (Å²) in [6.07, 6.45) is 1.53. The molecule has 0 spiro atoms. The lowest BCUT2D eigenvalue weighted by molar-refractivity contribution is -0.131. The minimum atomic E-state index is -1.18. The first-order valence-electron chi connectivity index (χ1n) is 7.80. The third-order valence-electron chi connectivity index (χ3n) is 4.54. The van der Waals surface area contributed by atoms with Gasteiger partial charge in [-0.05, 0) is 39.2 Å². The topological polar surface area (TPSA) is 79.5 Å². The van der Waals surface area contributed by atoms with Crippen molar-refractivity contribution in [3.63, 3.8) is 0 Å². The number of hydrogen-bond donors (Lipinski definition) is 2. The molecule has 0 radical (unpaired) electrons. The number of aryl methyl sites for hydroxylation is 2. The van der Waals surface area contributed by atoms with Gasteiger partial charge in [-0.15, -0.1) is 0 Å². The van der Waals surface area contributed by atoms with E-state index in [0.29, 0.717) is 30.6 Å². The van der Waals surface area contributed by atoms with Crippen LogP contribution < -0.4 is 5.32 Å². The Balaban J connectivity index is 1.98. The van der Waals surface area contributed by atoms with Crippen LogP contribution in [0.4, 0.5) is 0 Å². The van der Waals surface area contributed by atoms with E-state index < -0.39 is 5.60 Å². The molecule has 0 bridgehead atoms. The van der Waals surface area contributed by atoms with Crippen LogP contribution in [-0.4, -0.2) is 23.3 Å². The van der Waals surface area contributed by atoms with Crippen LogP contribution in [0.3, 0.4) is 0 Å². The maximum atomic E-state index is 12.3. The van der Waals surface area contributed by atoms with E-state index in [1.807, 2.05) is 13.8 Å². The number of nitrogens with one attached hydrogen (secondary N) is 1. The largest absolute Gasteiger partial charge is 0.466 e. The van der Waals surface area contributed by atoms with Crippen LogP contribution in [0.1, 0.15) is 50.2 Å². The Morgan fingerprint density at radius 3 is 2.73 bits per heavy atom. The lowest BCUT2D eigenvalue weighted by atomic mass is 9.79. The van der Waals surface area contributed by atoms with Crippen LogP contribution >= 0.6 is 0 Å². The number of amides is 1. The van der Waals surface area contributed by atoms with Crippen molar-refractivity contribution in [1.29, 1.82) is 0 Å². The van der Waals surface area contributed by atoms with Gasteiger partial charge in [0.1, 0.15) is 22.9 Å². The SMILES string of the molecule is Cc1cc(C(C)(O)CNC(=O)C2CCC(=O)CC2C)c(C)o1. The number of furan rings is 1. The van der Waals surface area contributed by atoms with Gasteiger partial charge < -0.3 is 14.8 Å². The second kappa shape index (κ2) is 6.24. The highest BCUT2D eigenvalue weighted by Gasteiger charge is 2.33. The molecule has 3 unspecified atom stereocenters. The smallest absolute Gasteiger partial charge is 0.223 e. The van der Waals surface area contributed by atoms with Crippen LogP contribution in [-0.2, 0) is 15.2 Å². The summed E-state index contributed by atoms with van der Waals surface area (Å²) < 4.78 is 5.44. The Hall–Kier alpha value is -1.62. The summed E-state index contributed by atoms with van der Waals surface area (Å²) in [5.41, 5.74) is -0.484. The summed E-state index contributed by atoms with van der Waals surface area (Å²) in [6, 6.07) is 1.80. The molecule has 0 aromatic carbocycles. The zero-order chi connectivity index (χ0) is 16.5. The van der Waals surface area contributed by atoms with Crippen LogP contribution in [0.2, 0.25) is 0 Å². The average Bonchev–Trinajstić information content (AvgIpc) is 2.76. The minimum absolute atomic E-state index is 0.0594. The molecule has 1 aromatic rings. The average molecular weight is 307 g/mol. The lowest BCUT2D eigenvalue weighted by Gasteiger charge is -2.29.